The van der Waals surface area contributed by atoms with Crippen molar-refractivity contribution < 1.29 is 36.6 Å². The van der Waals surface area contributed by atoms with Crippen molar-refractivity contribution in [2.24, 2.45) is 11.8 Å². The monoisotopic (exact) mass is 351 g/mol. The maximum atomic E-state index is 13.7. The number of rotatable bonds is 4. The summed E-state index contributed by atoms with van der Waals surface area (Å²) in [6.07, 6.45) is -4.82. The zero-order valence-corrected chi connectivity index (χ0v) is 12.2. The number of hydrogen-bond donors (Lipinski definition) is 2. The van der Waals surface area contributed by atoms with E-state index in [-0.39, 0.29) is 19.3 Å². The van der Waals surface area contributed by atoms with E-state index < -0.39 is 53.1 Å². The standard InChI is InChI=1S/C15H14F5NO3/c16-10-3-1-2-9(11(10)17)12(15(18,19)20)21-13(22)7-4-5-8(6-7)14(23)24/h1-3,7-8,12H,4-6H2,(H,21,22)(H,23,24)/t7-,8+,12?/m0/s1. The van der Waals surface area contributed by atoms with Gasteiger partial charge in [-0.05, 0) is 25.3 Å². The molecule has 0 heterocycles. The second-order valence-electron chi connectivity index (χ2n) is 5.67. The van der Waals surface area contributed by atoms with Gasteiger partial charge in [-0.1, -0.05) is 12.1 Å². The molecular formula is C15H14F5NO3. The van der Waals surface area contributed by atoms with Crippen LogP contribution in [0, 0.1) is 23.5 Å². The lowest BCUT2D eigenvalue weighted by Crippen LogP contribution is -2.41. The molecule has 0 radical (unpaired) electrons. The molecule has 3 atom stereocenters. The quantitative estimate of drug-likeness (QED) is 0.819. The van der Waals surface area contributed by atoms with Crippen molar-refractivity contribution in [3.63, 3.8) is 0 Å². The molecule has 1 aliphatic carbocycles. The third-order valence-corrected chi connectivity index (χ3v) is 4.06. The van der Waals surface area contributed by atoms with Gasteiger partial charge in [0, 0.05) is 11.5 Å². The predicted molar refractivity (Wildman–Crippen MR) is 71.8 cm³/mol. The highest BCUT2D eigenvalue weighted by Gasteiger charge is 2.45. The van der Waals surface area contributed by atoms with Crippen LogP contribution < -0.4 is 5.32 Å². The number of carboxylic acids is 1. The third-order valence-electron chi connectivity index (χ3n) is 4.06. The van der Waals surface area contributed by atoms with E-state index in [1.165, 1.54) is 0 Å². The fraction of sp³-hybridized carbons (Fsp3) is 0.467. The van der Waals surface area contributed by atoms with Crippen LogP contribution in [0.3, 0.4) is 0 Å². The van der Waals surface area contributed by atoms with Gasteiger partial charge in [0.1, 0.15) is 0 Å². The lowest BCUT2D eigenvalue weighted by molar-refractivity contribution is -0.165. The Labute approximate surface area is 133 Å². The highest BCUT2D eigenvalue weighted by Crippen LogP contribution is 2.36. The maximum Gasteiger partial charge on any atom is 0.412 e. The van der Waals surface area contributed by atoms with Crippen LogP contribution in [-0.2, 0) is 9.59 Å². The van der Waals surface area contributed by atoms with Crippen LogP contribution in [0.4, 0.5) is 22.0 Å². The summed E-state index contributed by atoms with van der Waals surface area (Å²) >= 11 is 0. The highest BCUT2D eigenvalue weighted by molar-refractivity contribution is 5.81. The van der Waals surface area contributed by atoms with Gasteiger partial charge in [-0.15, -0.1) is 0 Å². The summed E-state index contributed by atoms with van der Waals surface area (Å²) in [5, 5.41) is 10.5. The van der Waals surface area contributed by atoms with Crippen molar-refractivity contribution in [3.05, 3.63) is 35.4 Å². The van der Waals surface area contributed by atoms with Gasteiger partial charge in [0.05, 0.1) is 5.92 Å². The summed E-state index contributed by atoms with van der Waals surface area (Å²) in [5.41, 5.74) is -1.02. The van der Waals surface area contributed by atoms with Crippen LogP contribution in [0.1, 0.15) is 30.9 Å². The van der Waals surface area contributed by atoms with E-state index in [2.05, 4.69) is 0 Å². The summed E-state index contributed by atoms with van der Waals surface area (Å²) in [6.45, 7) is 0. The van der Waals surface area contributed by atoms with E-state index in [1.807, 2.05) is 0 Å². The van der Waals surface area contributed by atoms with Crippen LogP contribution in [0.5, 0.6) is 0 Å². The Morgan fingerprint density at radius 3 is 2.33 bits per heavy atom. The van der Waals surface area contributed by atoms with Crippen molar-refractivity contribution in [2.75, 3.05) is 0 Å². The van der Waals surface area contributed by atoms with Gasteiger partial charge in [0.15, 0.2) is 17.7 Å². The number of carboxylic acid groups (broad SMARTS) is 1. The second-order valence-corrected chi connectivity index (χ2v) is 5.67. The Hall–Kier alpha value is -2.19. The van der Waals surface area contributed by atoms with Crippen molar-refractivity contribution in [3.8, 4) is 0 Å². The van der Waals surface area contributed by atoms with Crippen molar-refractivity contribution in [1.82, 2.24) is 5.32 Å². The Bertz CT molecular complexity index is 646. The third kappa shape index (κ3) is 3.82. The fourth-order valence-corrected chi connectivity index (χ4v) is 2.78. The van der Waals surface area contributed by atoms with E-state index in [4.69, 9.17) is 5.11 Å². The Kier molecular flexibility index (Phi) is 5.10. The minimum atomic E-state index is -5.03. The molecule has 1 aromatic rings. The largest absolute Gasteiger partial charge is 0.481 e. The molecule has 1 aromatic carbocycles. The number of carbonyl (C=O) groups excluding carboxylic acids is 1. The summed E-state index contributed by atoms with van der Waals surface area (Å²) in [7, 11) is 0. The molecule has 1 fully saturated rings. The normalized spacial score (nSPS) is 22.2. The Morgan fingerprint density at radius 1 is 1.17 bits per heavy atom. The van der Waals surface area contributed by atoms with E-state index in [0.29, 0.717) is 6.07 Å². The summed E-state index contributed by atoms with van der Waals surface area (Å²) < 4.78 is 66.4. The average Bonchev–Trinajstić information content (AvgIpc) is 2.97. The molecule has 2 N–H and O–H groups in total. The molecule has 4 nitrogen and oxygen atoms in total. The number of benzene rings is 1. The number of nitrogens with one attached hydrogen (secondary N) is 1. The minimum absolute atomic E-state index is 0.0859. The number of alkyl halides is 3. The number of carbonyl (C=O) groups is 2. The summed E-state index contributed by atoms with van der Waals surface area (Å²) in [5.74, 6) is -6.99. The smallest absolute Gasteiger partial charge is 0.412 e. The van der Waals surface area contributed by atoms with Gasteiger partial charge >= 0.3 is 12.1 Å². The van der Waals surface area contributed by atoms with Gasteiger partial charge < -0.3 is 10.4 Å². The first-order chi connectivity index (χ1) is 11.1. The van der Waals surface area contributed by atoms with Crippen molar-refractivity contribution in [2.45, 2.75) is 31.5 Å². The van der Waals surface area contributed by atoms with E-state index in [1.54, 1.807) is 5.32 Å². The first kappa shape index (κ1) is 18.2. The molecule has 24 heavy (non-hydrogen) atoms. The van der Waals surface area contributed by atoms with Crippen LogP contribution in [0.2, 0.25) is 0 Å². The van der Waals surface area contributed by atoms with Gasteiger partial charge in [-0.3, -0.25) is 9.59 Å². The predicted octanol–water partition coefficient (Wildman–Crippen LogP) is 3.19. The molecule has 2 rings (SSSR count). The molecule has 0 spiro atoms. The van der Waals surface area contributed by atoms with Crippen LogP contribution in [0.25, 0.3) is 0 Å². The fourth-order valence-electron chi connectivity index (χ4n) is 2.78. The minimum Gasteiger partial charge on any atom is -0.481 e. The van der Waals surface area contributed by atoms with Gasteiger partial charge in [0.2, 0.25) is 5.91 Å². The van der Waals surface area contributed by atoms with E-state index in [0.717, 1.165) is 12.1 Å². The summed E-state index contributed by atoms with van der Waals surface area (Å²) in [6, 6.07) is -0.382. The molecule has 1 unspecified atom stereocenters. The van der Waals surface area contributed by atoms with Gasteiger partial charge in [-0.2, -0.15) is 13.2 Å². The lowest BCUT2D eigenvalue weighted by Gasteiger charge is -2.24. The zero-order chi connectivity index (χ0) is 18.1. The molecule has 0 aliphatic heterocycles. The molecular weight excluding hydrogens is 337 g/mol. The molecule has 1 aliphatic rings. The van der Waals surface area contributed by atoms with Crippen LogP contribution >= 0.6 is 0 Å². The van der Waals surface area contributed by atoms with Gasteiger partial charge in [-0.25, -0.2) is 8.78 Å². The van der Waals surface area contributed by atoms with Crippen molar-refractivity contribution in [1.29, 1.82) is 0 Å². The molecule has 0 aromatic heterocycles. The van der Waals surface area contributed by atoms with Gasteiger partial charge in [0.25, 0.3) is 0 Å². The number of aliphatic carboxylic acids is 1. The molecule has 1 amide bonds. The van der Waals surface area contributed by atoms with Crippen LogP contribution in [-0.4, -0.2) is 23.2 Å². The van der Waals surface area contributed by atoms with Crippen LogP contribution in [0.15, 0.2) is 18.2 Å². The molecule has 1 saturated carbocycles. The first-order valence-electron chi connectivity index (χ1n) is 7.15. The second kappa shape index (κ2) is 6.74. The lowest BCUT2D eigenvalue weighted by atomic mass is 10.0. The molecule has 132 valence electrons. The summed E-state index contributed by atoms with van der Waals surface area (Å²) in [4.78, 5) is 22.9. The topological polar surface area (TPSA) is 66.4 Å². The molecule has 0 saturated heterocycles. The highest BCUT2D eigenvalue weighted by atomic mass is 19.4. The number of halogens is 5. The first-order valence-corrected chi connectivity index (χ1v) is 7.15. The van der Waals surface area contributed by atoms with E-state index >= 15 is 0 Å². The Morgan fingerprint density at radius 2 is 1.79 bits per heavy atom. The Balaban J connectivity index is 2.20. The molecule has 9 heteroatoms. The average molecular weight is 351 g/mol. The number of amides is 1. The van der Waals surface area contributed by atoms with Crippen molar-refractivity contribution >= 4 is 11.9 Å². The number of hydrogen-bond acceptors (Lipinski definition) is 2. The SMILES string of the molecule is O=C(O)[C@@H]1CC[C@H](C(=O)NC(c2cccc(F)c2F)C(F)(F)F)C1. The maximum absolute atomic E-state index is 13.7. The van der Waals surface area contributed by atoms with E-state index in [9.17, 15) is 31.5 Å². The zero-order valence-electron chi connectivity index (χ0n) is 12.2. The molecule has 0 bridgehead atoms.